The Kier molecular flexibility index (Phi) is 4.27. The predicted octanol–water partition coefficient (Wildman–Crippen LogP) is 2.34. The minimum absolute atomic E-state index is 0.0575. The molecule has 84 valence electrons. The molecule has 0 amide bonds. The van der Waals surface area contributed by atoms with E-state index in [0.29, 0.717) is 0 Å². The zero-order chi connectivity index (χ0) is 12.1. The molecule has 1 aromatic carbocycles. The normalized spacial score (nSPS) is 9.25. The van der Waals surface area contributed by atoms with Gasteiger partial charge in [-0.1, -0.05) is 11.8 Å². The fourth-order valence-corrected chi connectivity index (χ4v) is 1.14. The van der Waals surface area contributed by atoms with E-state index in [2.05, 4.69) is 16.6 Å². The quantitative estimate of drug-likeness (QED) is 0.431. The molecule has 0 spiro atoms. The van der Waals surface area contributed by atoms with E-state index in [-0.39, 0.29) is 11.4 Å². The van der Waals surface area contributed by atoms with Gasteiger partial charge in [0.15, 0.2) is 0 Å². The number of esters is 1. The van der Waals surface area contributed by atoms with Crippen LogP contribution in [0.3, 0.4) is 0 Å². The third kappa shape index (κ3) is 2.71. The van der Waals surface area contributed by atoms with Gasteiger partial charge in [-0.05, 0) is 12.1 Å². The Morgan fingerprint density at radius 1 is 1.44 bits per heavy atom. The number of benzene rings is 1. The van der Waals surface area contributed by atoms with Crippen molar-refractivity contribution in [2.24, 2.45) is 0 Å². The van der Waals surface area contributed by atoms with Gasteiger partial charge in [0.2, 0.25) is 0 Å². The van der Waals surface area contributed by atoms with E-state index >= 15 is 0 Å². The lowest BCUT2D eigenvalue weighted by atomic mass is 10.1. The van der Waals surface area contributed by atoms with Crippen molar-refractivity contribution in [1.82, 2.24) is 0 Å². The fraction of sp³-hybridized carbons (Fsp3) is 0.182. The second-order valence-electron chi connectivity index (χ2n) is 2.74. The SMILES string of the molecule is COC(=O)c1c(F)cc(C#CCCl)cc1F. The maximum absolute atomic E-state index is 13.3. The van der Waals surface area contributed by atoms with Gasteiger partial charge >= 0.3 is 5.97 Å². The molecule has 0 aliphatic carbocycles. The lowest BCUT2D eigenvalue weighted by Crippen LogP contribution is -2.08. The molecule has 0 aliphatic heterocycles. The predicted molar refractivity (Wildman–Crippen MR) is 55.3 cm³/mol. The van der Waals surface area contributed by atoms with Gasteiger partial charge in [-0.15, -0.1) is 11.6 Å². The van der Waals surface area contributed by atoms with Gasteiger partial charge in [0, 0.05) is 5.56 Å². The third-order valence-electron chi connectivity index (χ3n) is 1.73. The number of halogens is 3. The van der Waals surface area contributed by atoms with Crippen molar-refractivity contribution >= 4 is 17.6 Å². The van der Waals surface area contributed by atoms with Crippen LogP contribution in [0.4, 0.5) is 8.78 Å². The highest BCUT2D eigenvalue weighted by Gasteiger charge is 2.18. The molecule has 2 nitrogen and oxygen atoms in total. The van der Waals surface area contributed by atoms with Crippen molar-refractivity contribution in [2.75, 3.05) is 13.0 Å². The number of alkyl halides is 1. The van der Waals surface area contributed by atoms with Crippen LogP contribution in [0, 0.1) is 23.5 Å². The molecule has 0 heterocycles. The van der Waals surface area contributed by atoms with E-state index < -0.39 is 23.2 Å². The number of ether oxygens (including phenoxy) is 1. The summed E-state index contributed by atoms with van der Waals surface area (Å²) in [5.74, 6) is 1.87. The Morgan fingerprint density at radius 3 is 2.44 bits per heavy atom. The summed E-state index contributed by atoms with van der Waals surface area (Å²) in [6.07, 6.45) is 0. The number of carbonyl (C=O) groups is 1. The average molecular weight is 245 g/mol. The first kappa shape index (κ1) is 12.5. The first-order valence-electron chi connectivity index (χ1n) is 4.22. The maximum atomic E-state index is 13.3. The highest BCUT2D eigenvalue weighted by Crippen LogP contribution is 2.15. The molecule has 0 N–H and O–H groups in total. The Balaban J connectivity index is 3.22. The minimum atomic E-state index is -1.06. The molecule has 0 bridgehead atoms. The Morgan fingerprint density at radius 2 is 2.00 bits per heavy atom. The van der Waals surface area contributed by atoms with Crippen LogP contribution in [0.1, 0.15) is 15.9 Å². The average Bonchev–Trinajstić information content (AvgIpc) is 2.25. The summed E-state index contributed by atoms with van der Waals surface area (Å²) >= 11 is 5.30. The molecule has 0 radical (unpaired) electrons. The lowest BCUT2D eigenvalue weighted by molar-refractivity contribution is 0.0590. The topological polar surface area (TPSA) is 26.3 Å². The van der Waals surface area contributed by atoms with Crippen LogP contribution in [0.15, 0.2) is 12.1 Å². The van der Waals surface area contributed by atoms with Crippen molar-refractivity contribution in [3.8, 4) is 11.8 Å². The molecule has 0 aromatic heterocycles. The minimum Gasteiger partial charge on any atom is -0.465 e. The van der Waals surface area contributed by atoms with E-state index in [1.54, 1.807) is 0 Å². The first-order valence-corrected chi connectivity index (χ1v) is 4.75. The summed E-state index contributed by atoms with van der Waals surface area (Å²) in [5, 5.41) is 0. The Bertz CT molecular complexity index is 452. The van der Waals surface area contributed by atoms with Gasteiger partial charge in [-0.2, -0.15) is 0 Å². The first-order chi connectivity index (χ1) is 7.60. The summed E-state index contributed by atoms with van der Waals surface area (Å²) in [4.78, 5) is 11.0. The van der Waals surface area contributed by atoms with Gasteiger partial charge in [0.05, 0.1) is 13.0 Å². The number of rotatable bonds is 1. The molecule has 1 aromatic rings. The second-order valence-corrected chi connectivity index (χ2v) is 3.01. The van der Waals surface area contributed by atoms with Crippen LogP contribution in [-0.2, 0) is 4.74 Å². The van der Waals surface area contributed by atoms with E-state index in [1.165, 1.54) is 0 Å². The number of carbonyl (C=O) groups excluding carboxylic acids is 1. The summed E-state index contributed by atoms with van der Waals surface area (Å²) in [5.41, 5.74) is -0.609. The third-order valence-corrected chi connectivity index (χ3v) is 1.86. The molecule has 0 atom stereocenters. The standard InChI is InChI=1S/C11H7ClF2O2/c1-16-11(15)10-8(13)5-7(3-2-4-12)6-9(10)14/h5-6H,4H2,1H3. The Labute approximate surface area is 96.2 Å². The van der Waals surface area contributed by atoms with Crippen LogP contribution >= 0.6 is 11.6 Å². The van der Waals surface area contributed by atoms with E-state index in [0.717, 1.165) is 19.2 Å². The zero-order valence-corrected chi connectivity index (χ0v) is 9.07. The summed E-state index contributed by atoms with van der Waals surface area (Å²) in [6, 6.07) is 1.91. The van der Waals surface area contributed by atoms with Crippen molar-refractivity contribution in [2.45, 2.75) is 0 Å². The molecule has 0 fully saturated rings. The monoisotopic (exact) mass is 244 g/mol. The summed E-state index contributed by atoms with van der Waals surface area (Å²) < 4.78 is 30.9. The van der Waals surface area contributed by atoms with Crippen molar-refractivity contribution in [3.63, 3.8) is 0 Å². The zero-order valence-electron chi connectivity index (χ0n) is 8.31. The molecular formula is C11H7ClF2O2. The van der Waals surface area contributed by atoms with Crippen LogP contribution in [0.25, 0.3) is 0 Å². The van der Waals surface area contributed by atoms with E-state index in [4.69, 9.17) is 11.6 Å². The maximum Gasteiger partial charge on any atom is 0.343 e. The van der Waals surface area contributed by atoms with E-state index in [1.807, 2.05) is 0 Å². The highest BCUT2D eigenvalue weighted by atomic mass is 35.5. The summed E-state index contributed by atoms with van der Waals surface area (Å²) in [7, 11) is 1.04. The smallest absolute Gasteiger partial charge is 0.343 e. The second kappa shape index (κ2) is 5.47. The van der Waals surface area contributed by atoms with Crippen molar-refractivity contribution in [1.29, 1.82) is 0 Å². The van der Waals surface area contributed by atoms with Gasteiger partial charge in [-0.25, -0.2) is 13.6 Å². The van der Waals surface area contributed by atoms with Crippen LogP contribution in [0.2, 0.25) is 0 Å². The van der Waals surface area contributed by atoms with Crippen LogP contribution in [0.5, 0.6) is 0 Å². The largest absolute Gasteiger partial charge is 0.465 e. The van der Waals surface area contributed by atoms with Crippen molar-refractivity contribution < 1.29 is 18.3 Å². The molecule has 5 heteroatoms. The highest BCUT2D eigenvalue weighted by molar-refractivity contribution is 6.19. The number of methoxy groups -OCH3 is 1. The number of hydrogen-bond donors (Lipinski definition) is 0. The lowest BCUT2D eigenvalue weighted by Gasteiger charge is -2.03. The van der Waals surface area contributed by atoms with Gasteiger partial charge in [0.25, 0.3) is 0 Å². The van der Waals surface area contributed by atoms with Gasteiger partial charge in [-0.3, -0.25) is 0 Å². The molecular weight excluding hydrogens is 238 g/mol. The molecule has 0 saturated carbocycles. The molecule has 0 unspecified atom stereocenters. The van der Waals surface area contributed by atoms with Gasteiger partial charge < -0.3 is 4.74 Å². The Hall–Kier alpha value is -1.60. The molecule has 1 rings (SSSR count). The van der Waals surface area contributed by atoms with Crippen LogP contribution < -0.4 is 0 Å². The molecule has 0 saturated heterocycles. The van der Waals surface area contributed by atoms with Crippen molar-refractivity contribution in [3.05, 3.63) is 34.9 Å². The van der Waals surface area contributed by atoms with Crippen LogP contribution in [-0.4, -0.2) is 19.0 Å². The summed E-state index contributed by atoms with van der Waals surface area (Å²) in [6.45, 7) is 0. The van der Waals surface area contributed by atoms with Gasteiger partial charge in [0.1, 0.15) is 17.2 Å². The molecule has 16 heavy (non-hydrogen) atoms. The molecule has 0 aliphatic rings. The van der Waals surface area contributed by atoms with E-state index in [9.17, 15) is 13.6 Å². The number of hydrogen-bond acceptors (Lipinski definition) is 2. The fourth-order valence-electron chi connectivity index (χ4n) is 1.08.